The Kier molecular flexibility index (Phi) is 6.27. The zero-order chi connectivity index (χ0) is 21.0. The van der Waals surface area contributed by atoms with Gasteiger partial charge in [0.1, 0.15) is 18.1 Å². The fourth-order valence-corrected chi connectivity index (χ4v) is 3.11. The van der Waals surface area contributed by atoms with E-state index in [-0.39, 0.29) is 12.5 Å². The van der Waals surface area contributed by atoms with E-state index in [0.717, 1.165) is 22.6 Å². The second-order valence-corrected chi connectivity index (χ2v) is 7.55. The molecular formula is C24H28N2O3. The molecule has 0 radical (unpaired) electrons. The number of furan rings is 1. The molecule has 1 aromatic heterocycles. The van der Waals surface area contributed by atoms with E-state index in [9.17, 15) is 4.79 Å². The van der Waals surface area contributed by atoms with Crippen molar-refractivity contribution in [3.8, 4) is 5.75 Å². The van der Waals surface area contributed by atoms with E-state index >= 15 is 0 Å². The number of benzene rings is 2. The van der Waals surface area contributed by atoms with E-state index in [1.807, 2.05) is 69.2 Å². The Balaban J connectivity index is 1.59. The maximum Gasteiger partial charge on any atom is 0.289 e. The molecule has 5 heteroatoms. The maximum atomic E-state index is 12.7. The van der Waals surface area contributed by atoms with Crippen molar-refractivity contribution in [2.45, 2.75) is 27.0 Å². The molecule has 0 fully saturated rings. The third-order valence-electron chi connectivity index (χ3n) is 4.79. The van der Waals surface area contributed by atoms with Crippen molar-refractivity contribution in [2.24, 2.45) is 0 Å². The fourth-order valence-electron chi connectivity index (χ4n) is 3.11. The molecular weight excluding hydrogens is 364 g/mol. The lowest BCUT2D eigenvalue weighted by Gasteiger charge is -2.17. The second kappa shape index (κ2) is 8.86. The molecule has 0 spiro atoms. The summed E-state index contributed by atoms with van der Waals surface area (Å²) in [5, 5.41) is 0. The topological polar surface area (TPSA) is 45.9 Å². The van der Waals surface area contributed by atoms with E-state index in [0.29, 0.717) is 18.1 Å². The minimum atomic E-state index is -0.153. The predicted octanol–water partition coefficient (Wildman–Crippen LogP) is 4.81. The zero-order valence-corrected chi connectivity index (χ0v) is 17.7. The molecule has 0 aliphatic carbocycles. The molecule has 3 rings (SSSR count). The number of ether oxygens (including phenoxy) is 1. The molecule has 0 saturated carbocycles. The number of hydrogen-bond acceptors (Lipinski definition) is 4. The number of nitrogens with zero attached hydrogens (tertiary/aromatic N) is 2. The zero-order valence-electron chi connectivity index (χ0n) is 17.7. The molecule has 29 heavy (non-hydrogen) atoms. The third kappa shape index (κ3) is 5.19. The number of amides is 1. The van der Waals surface area contributed by atoms with Crippen LogP contribution in [0.3, 0.4) is 0 Å². The predicted molar refractivity (Wildman–Crippen MR) is 116 cm³/mol. The van der Waals surface area contributed by atoms with Crippen LogP contribution in [0.4, 0.5) is 5.69 Å². The molecule has 1 amide bonds. The minimum Gasteiger partial charge on any atom is -0.485 e. The monoisotopic (exact) mass is 392 g/mol. The Morgan fingerprint density at radius 3 is 2.34 bits per heavy atom. The van der Waals surface area contributed by atoms with Crippen LogP contribution in [0.5, 0.6) is 5.75 Å². The molecule has 1 heterocycles. The van der Waals surface area contributed by atoms with Crippen LogP contribution in [0.2, 0.25) is 0 Å². The molecule has 0 aliphatic heterocycles. The smallest absolute Gasteiger partial charge is 0.289 e. The van der Waals surface area contributed by atoms with Crippen LogP contribution < -0.4 is 9.64 Å². The quantitative estimate of drug-likeness (QED) is 0.579. The molecule has 0 aliphatic rings. The molecule has 0 atom stereocenters. The van der Waals surface area contributed by atoms with Gasteiger partial charge in [0, 0.05) is 33.4 Å². The van der Waals surface area contributed by atoms with Crippen molar-refractivity contribution in [3.63, 3.8) is 0 Å². The Labute approximate surface area is 172 Å². The van der Waals surface area contributed by atoms with Crippen LogP contribution in [0.15, 0.2) is 59.0 Å². The van der Waals surface area contributed by atoms with Crippen LogP contribution in [0, 0.1) is 13.8 Å². The van der Waals surface area contributed by atoms with E-state index < -0.39 is 0 Å². The summed E-state index contributed by atoms with van der Waals surface area (Å²) in [5.41, 5.74) is 4.46. The van der Waals surface area contributed by atoms with Crippen molar-refractivity contribution in [3.05, 3.63) is 82.8 Å². The minimum absolute atomic E-state index is 0.153. The molecule has 152 valence electrons. The van der Waals surface area contributed by atoms with Crippen LogP contribution in [-0.2, 0) is 13.2 Å². The van der Waals surface area contributed by atoms with E-state index in [1.54, 1.807) is 24.1 Å². The first-order valence-electron chi connectivity index (χ1n) is 9.64. The number of hydrogen-bond donors (Lipinski definition) is 0. The summed E-state index contributed by atoms with van der Waals surface area (Å²) in [4.78, 5) is 16.4. The first-order valence-corrected chi connectivity index (χ1v) is 9.64. The lowest BCUT2D eigenvalue weighted by molar-refractivity contribution is 0.0749. The summed E-state index contributed by atoms with van der Waals surface area (Å²) in [5.74, 6) is 1.60. The van der Waals surface area contributed by atoms with Crippen molar-refractivity contribution >= 4 is 11.6 Å². The first kappa shape index (κ1) is 20.5. The van der Waals surface area contributed by atoms with E-state index in [4.69, 9.17) is 9.15 Å². The number of carbonyl (C=O) groups is 1. The number of rotatable bonds is 7. The van der Waals surface area contributed by atoms with Crippen LogP contribution in [0.25, 0.3) is 0 Å². The normalized spacial score (nSPS) is 10.7. The van der Waals surface area contributed by atoms with Gasteiger partial charge in [0.2, 0.25) is 0 Å². The SMILES string of the molecule is Cc1ccc(OCc2ccc(C(=O)N(C)Cc3ccc(N(C)C)cc3)o2)c(C)c1. The van der Waals surface area contributed by atoms with Gasteiger partial charge in [-0.3, -0.25) is 4.79 Å². The average molecular weight is 392 g/mol. The second-order valence-electron chi connectivity index (χ2n) is 7.55. The number of anilines is 1. The van der Waals surface area contributed by atoms with Gasteiger partial charge in [-0.2, -0.15) is 0 Å². The Morgan fingerprint density at radius 2 is 1.69 bits per heavy atom. The highest BCUT2D eigenvalue weighted by Crippen LogP contribution is 2.21. The Hall–Kier alpha value is -3.21. The fraction of sp³-hybridized carbons (Fsp3) is 0.292. The summed E-state index contributed by atoms with van der Waals surface area (Å²) in [6, 6.07) is 17.7. The number of carbonyl (C=O) groups excluding carboxylic acids is 1. The van der Waals surface area contributed by atoms with Gasteiger partial charge in [-0.15, -0.1) is 0 Å². The van der Waals surface area contributed by atoms with Crippen LogP contribution >= 0.6 is 0 Å². The maximum absolute atomic E-state index is 12.7. The molecule has 5 nitrogen and oxygen atoms in total. The summed E-state index contributed by atoms with van der Waals surface area (Å²) in [7, 11) is 5.78. The van der Waals surface area contributed by atoms with Crippen molar-refractivity contribution in [1.82, 2.24) is 4.90 Å². The largest absolute Gasteiger partial charge is 0.485 e. The van der Waals surface area contributed by atoms with Crippen molar-refractivity contribution in [1.29, 1.82) is 0 Å². The summed E-state index contributed by atoms with van der Waals surface area (Å²) < 4.78 is 11.6. The van der Waals surface area contributed by atoms with Gasteiger partial charge in [-0.05, 0) is 55.3 Å². The first-order chi connectivity index (χ1) is 13.8. The van der Waals surface area contributed by atoms with E-state index in [2.05, 4.69) is 6.07 Å². The highest BCUT2D eigenvalue weighted by atomic mass is 16.5. The Bertz CT molecular complexity index is 974. The molecule has 0 bridgehead atoms. The summed E-state index contributed by atoms with van der Waals surface area (Å²) >= 11 is 0. The van der Waals surface area contributed by atoms with Crippen molar-refractivity contribution < 1.29 is 13.9 Å². The van der Waals surface area contributed by atoms with Gasteiger partial charge >= 0.3 is 0 Å². The molecule has 2 aromatic carbocycles. The highest BCUT2D eigenvalue weighted by molar-refractivity contribution is 5.91. The van der Waals surface area contributed by atoms with Crippen LogP contribution in [0.1, 0.15) is 33.0 Å². The standard InChI is InChI=1S/C24H28N2O3/c1-17-6-12-22(18(2)14-17)28-16-21-11-13-23(29-21)24(27)26(5)15-19-7-9-20(10-8-19)25(3)4/h6-14H,15-16H2,1-5H3. The average Bonchev–Trinajstić information content (AvgIpc) is 3.16. The molecule has 0 unspecified atom stereocenters. The van der Waals surface area contributed by atoms with Gasteiger partial charge in [0.05, 0.1) is 0 Å². The van der Waals surface area contributed by atoms with Gasteiger partial charge in [0.25, 0.3) is 5.91 Å². The highest BCUT2D eigenvalue weighted by Gasteiger charge is 2.17. The van der Waals surface area contributed by atoms with E-state index in [1.165, 1.54) is 5.56 Å². The Morgan fingerprint density at radius 1 is 0.966 bits per heavy atom. The third-order valence-corrected chi connectivity index (χ3v) is 4.79. The van der Waals surface area contributed by atoms with Gasteiger partial charge in [-0.25, -0.2) is 0 Å². The van der Waals surface area contributed by atoms with Crippen molar-refractivity contribution in [2.75, 3.05) is 26.0 Å². The van der Waals surface area contributed by atoms with Gasteiger partial charge in [-0.1, -0.05) is 29.8 Å². The van der Waals surface area contributed by atoms with Gasteiger partial charge in [0.15, 0.2) is 5.76 Å². The summed E-state index contributed by atoms with van der Waals surface area (Å²) in [6.07, 6.45) is 0. The number of aryl methyl sites for hydroxylation is 2. The molecule has 3 aromatic rings. The molecule has 0 saturated heterocycles. The lowest BCUT2D eigenvalue weighted by Crippen LogP contribution is -2.25. The van der Waals surface area contributed by atoms with Gasteiger partial charge < -0.3 is 19.0 Å². The molecule has 0 N–H and O–H groups in total. The lowest BCUT2D eigenvalue weighted by atomic mass is 10.1. The summed E-state index contributed by atoms with van der Waals surface area (Å²) in [6.45, 7) is 4.86. The van der Waals surface area contributed by atoms with Crippen LogP contribution in [-0.4, -0.2) is 32.0 Å².